The summed E-state index contributed by atoms with van der Waals surface area (Å²) in [4.78, 5) is 26.8. The molecule has 6 heteroatoms. The Kier molecular flexibility index (Phi) is 2.59. The van der Waals surface area contributed by atoms with E-state index < -0.39 is 0 Å². The predicted octanol–water partition coefficient (Wildman–Crippen LogP) is -1.58. The molecule has 82 valence electrons. The van der Waals surface area contributed by atoms with Crippen LogP contribution in [-0.2, 0) is 0 Å². The van der Waals surface area contributed by atoms with Gasteiger partial charge in [-0.1, -0.05) is 0 Å². The molecule has 1 aliphatic heterocycles. The minimum Gasteiger partial charge on any atom is -0.306 e. The molecule has 1 saturated heterocycles. The first kappa shape index (κ1) is 9.97. The van der Waals surface area contributed by atoms with E-state index in [0.29, 0.717) is 0 Å². The van der Waals surface area contributed by atoms with Crippen LogP contribution in [0, 0.1) is 0 Å². The van der Waals surface area contributed by atoms with Crippen LogP contribution < -0.4 is 16.3 Å². The maximum absolute atomic E-state index is 11.5. The highest BCUT2D eigenvalue weighted by Crippen LogP contribution is 1.95. The zero-order valence-corrected chi connectivity index (χ0v) is 8.64. The Labute approximate surface area is 86.7 Å². The highest BCUT2D eigenvalue weighted by atomic mass is 16.2. The molecule has 0 atom stereocenters. The highest BCUT2D eigenvalue weighted by molar-refractivity contribution is 4.94. The normalized spacial score (nSPS) is 18.1. The summed E-state index contributed by atoms with van der Waals surface area (Å²) in [7, 11) is 2.05. The molecule has 0 aliphatic carbocycles. The molecule has 0 radical (unpaired) electrons. The Hall–Kier alpha value is -1.56. The Morgan fingerprint density at radius 1 is 1.20 bits per heavy atom. The summed E-state index contributed by atoms with van der Waals surface area (Å²) in [5.41, 5.74) is -0.725. The van der Waals surface area contributed by atoms with Crippen molar-refractivity contribution in [1.82, 2.24) is 14.6 Å². The Balaban J connectivity index is 2.23. The molecule has 1 aliphatic rings. The SMILES string of the molecule is CN1CCN(n2ccc(=O)[nH]c2=O)CC1. The quantitative estimate of drug-likeness (QED) is 0.607. The molecule has 0 bridgehead atoms. The third kappa shape index (κ3) is 2.10. The van der Waals surface area contributed by atoms with Gasteiger partial charge in [-0.2, -0.15) is 0 Å². The smallest absolute Gasteiger partial charge is 0.306 e. The minimum absolute atomic E-state index is 0.356. The lowest BCUT2D eigenvalue weighted by Crippen LogP contribution is -2.53. The number of piperazine rings is 1. The first-order chi connectivity index (χ1) is 7.16. The average Bonchev–Trinajstić information content (AvgIpc) is 2.20. The summed E-state index contributed by atoms with van der Waals surface area (Å²) in [6.07, 6.45) is 1.52. The van der Waals surface area contributed by atoms with E-state index in [-0.39, 0.29) is 11.2 Å². The number of nitrogens with one attached hydrogen (secondary N) is 1. The van der Waals surface area contributed by atoms with Gasteiger partial charge < -0.3 is 9.91 Å². The third-order valence-corrected chi connectivity index (χ3v) is 2.59. The lowest BCUT2D eigenvalue weighted by Gasteiger charge is -2.34. The number of rotatable bonds is 1. The number of nitrogens with zero attached hydrogens (tertiary/aromatic N) is 3. The predicted molar refractivity (Wildman–Crippen MR) is 56.8 cm³/mol. The second-order valence-corrected chi connectivity index (χ2v) is 3.71. The van der Waals surface area contributed by atoms with Crippen LogP contribution >= 0.6 is 0 Å². The largest absolute Gasteiger partial charge is 0.347 e. The van der Waals surface area contributed by atoms with Crippen molar-refractivity contribution in [3.8, 4) is 0 Å². The van der Waals surface area contributed by atoms with Crippen LogP contribution in [0.15, 0.2) is 21.9 Å². The molecule has 15 heavy (non-hydrogen) atoms. The summed E-state index contributed by atoms with van der Waals surface area (Å²) in [6.45, 7) is 3.43. The highest BCUT2D eigenvalue weighted by Gasteiger charge is 2.14. The van der Waals surface area contributed by atoms with Crippen LogP contribution in [0.3, 0.4) is 0 Å². The van der Waals surface area contributed by atoms with Crippen molar-refractivity contribution in [1.29, 1.82) is 0 Å². The van der Waals surface area contributed by atoms with E-state index in [2.05, 4.69) is 9.88 Å². The molecule has 1 N–H and O–H groups in total. The van der Waals surface area contributed by atoms with Crippen LogP contribution in [0.1, 0.15) is 0 Å². The molecule has 1 aromatic rings. The molecule has 6 nitrogen and oxygen atoms in total. The monoisotopic (exact) mass is 210 g/mol. The van der Waals surface area contributed by atoms with Gasteiger partial charge in [0.25, 0.3) is 5.56 Å². The van der Waals surface area contributed by atoms with Gasteiger partial charge in [-0.25, -0.2) is 9.47 Å². The van der Waals surface area contributed by atoms with Crippen molar-refractivity contribution < 1.29 is 0 Å². The molecular weight excluding hydrogens is 196 g/mol. The number of H-pyrrole nitrogens is 1. The second kappa shape index (κ2) is 3.90. The Morgan fingerprint density at radius 2 is 1.87 bits per heavy atom. The number of aromatic amines is 1. The maximum Gasteiger partial charge on any atom is 0.347 e. The van der Waals surface area contributed by atoms with Gasteiger partial charge in [0.1, 0.15) is 0 Å². The number of hydrogen-bond donors (Lipinski definition) is 1. The average molecular weight is 210 g/mol. The van der Waals surface area contributed by atoms with Crippen molar-refractivity contribution in [3.63, 3.8) is 0 Å². The van der Waals surface area contributed by atoms with Gasteiger partial charge in [0.15, 0.2) is 0 Å². The fraction of sp³-hybridized carbons (Fsp3) is 0.556. The number of hydrogen-bond acceptors (Lipinski definition) is 4. The fourth-order valence-electron chi connectivity index (χ4n) is 1.64. The van der Waals surface area contributed by atoms with Gasteiger partial charge in [-0.15, -0.1) is 0 Å². The zero-order valence-electron chi connectivity index (χ0n) is 8.64. The lowest BCUT2D eigenvalue weighted by atomic mass is 10.4. The van der Waals surface area contributed by atoms with E-state index >= 15 is 0 Å². The topological polar surface area (TPSA) is 61.3 Å². The molecule has 0 saturated carbocycles. The summed E-state index contributed by atoms with van der Waals surface area (Å²) < 4.78 is 1.47. The third-order valence-electron chi connectivity index (χ3n) is 2.59. The summed E-state index contributed by atoms with van der Waals surface area (Å²) in [5, 5.41) is 1.93. The minimum atomic E-state index is -0.368. The van der Waals surface area contributed by atoms with E-state index in [1.807, 2.05) is 12.1 Å². The van der Waals surface area contributed by atoms with Gasteiger partial charge in [0.2, 0.25) is 0 Å². The summed E-state index contributed by atoms with van der Waals surface area (Å²) in [5.74, 6) is 0. The van der Waals surface area contributed by atoms with E-state index in [4.69, 9.17) is 0 Å². The Bertz CT molecular complexity index is 442. The molecule has 0 aromatic carbocycles. The van der Waals surface area contributed by atoms with Gasteiger partial charge in [0.05, 0.1) is 0 Å². The molecular formula is C9H14N4O2. The van der Waals surface area contributed by atoms with Crippen LogP contribution in [0.4, 0.5) is 0 Å². The summed E-state index contributed by atoms with van der Waals surface area (Å²) >= 11 is 0. The molecule has 2 heterocycles. The molecule has 1 aromatic heterocycles. The van der Waals surface area contributed by atoms with Crippen LogP contribution in [-0.4, -0.2) is 47.8 Å². The van der Waals surface area contributed by atoms with Crippen molar-refractivity contribution in [2.45, 2.75) is 0 Å². The first-order valence-electron chi connectivity index (χ1n) is 4.92. The van der Waals surface area contributed by atoms with Crippen molar-refractivity contribution in [2.24, 2.45) is 0 Å². The second-order valence-electron chi connectivity index (χ2n) is 3.71. The fourth-order valence-corrected chi connectivity index (χ4v) is 1.64. The van der Waals surface area contributed by atoms with Crippen molar-refractivity contribution >= 4 is 0 Å². The van der Waals surface area contributed by atoms with Gasteiger partial charge in [-0.3, -0.25) is 9.78 Å². The Morgan fingerprint density at radius 3 is 2.47 bits per heavy atom. The zero-order chi connectivity index (χ0) is 10.8. The van der Waals surface area contributed by atoms with E-state index in [1.54, 1.807) is 0 Å². The van der Waals surface area contributed by atoms with Crippen molar-refractivity contribution in [3.05, 3.63) is 33.1 Å². The number of likely N-dealkylation sites (N-methyl/N-ethyl adjacent to an activating group) is 1. The summed E-state index contributed by atoms with van der Waals surface area (Å²) in [6, 6.07) is 1.36. The van der Waals surface area contributed by atoms with Crippen LogP contribution in [0.25, 0.3) is 0 Å². The van der Waals surface area contributed by atoms with Gasteiger partial charge in [-0.05, 0) is 7.05 Å². The molecule has 0 amide bonds. The number of aromatic nitrogens is 2. The molecule has 0 spiro atoms. The van der Waals surface area contributed by atoms with Crippen molar-refractivity contribution in [2.75, 3.05) is 38.2 Å². The van der Waals surface area contributed by atoms with Gasteiger partial charge in [0, 0.05) is 38.4 Å². The van der Waals surface area contributed by atoms with E-state index in [9.17, 15) is 9.59 Å². The molecule has 2 rings (SSSR count). The standard InChI is InChI=1S/C9H14N4O2/c1-11-4-6-12(7-5-11)13-3-2-8(14)10-9(13)15/h2-3H,4-7H2,1H3,(H,10,14,15). The molecule has 1 fully saturated rings. The first-order valence-corrected chi connectivity index (χ1v) is 4.92. The van der Waals surface area contributed by atoms with Gasteiger partial charge >= 0.3 is 5.69 Å². The molecule has 0 unspecified atom stereocenters. The maximum atomic E-state index is 11.5. The van der Waals surface area contributed by atoms with E-state index in [0.717, 1.165) is 26.2 Å². The van der Waals surface area contributed by atoms with Crippen LogP contribution in [0.5, 0.6) is 0 Å². The lowest BCUT2D eigenvalue weighted by molar-refractivity contribution is 0.284. The van der Waals surface area contributed by atoms with Crippen LogP contribution in [0.2, 0.25) is 0 Å². The van der Waals surface area contributed by atoms with E-state index in [1.165, 1.54) is 16.9 Å².